The van der Waals surface area contributed by atoms with Crippen molar-refractivity contribution in [2.75, 3.05) is 13.2 Å². The molecule has 0 aliphatic rings. The first-order valence-electron chi connectivity index (χ1n) is 30.4. The quantitative estimate of drug-likeness (QED) is 0.0165. The molecule has 0 atom stereocenters. The fourth-order valence-corrected chi connectivity index (χ4v) is 9.74. The van der Waals surface area contributed by atoms with Crippen LogP contribution in [0.2, 0.25) is 0 Å². The fraction of sp³-hybridized carbons (Fsp3) is 0.457. The Labute approximate surface area is 476 Å². The maximum atomic E-state index is 14.9. The highest BCUT2D eigenvalue weighted by Gasteiger charge is 2.15. The third-order valence-corrected chi connectivity index (χ3v) is 14.6. The number of fused-ring (bicyclic) bond motifs is 1. The standard InChI is InChI=1S/C70H88F2N2O6/c1-3-5-7-9-11-13-15-17-19-21-23-25-27-29-48-77-67-46-43-60(50-64(67)71)73-53-55-34-38-58(39-35-55)69(75)79-62-45-42-57-32-31-33-66(63(57)52-62)80-70(76)59-40-36-56(37-41-59)54-74-61-44-47-68(65(72)51-61)78-49-30-28-26-24-22-20-18-16-14-12-10-8-6-4-2/h31-47,50-54H,3-30,48-49H2,1-2H3. The maximum Gasteiger partial charge on any atom is 0.343 e. The first-order chi connectivity index (χ1) is 39.3. The Kier molecular flexibility index (Phi) is 29.1. The van der Waals surface area contributed by atoms with Crippen molar-refractivity contribution in [2.45, 2.75) is 194 Å². The van der Waals surface area contributed by atoms with Crippen LogP contribution in [0.25, 0.3) is 10.8 Å². The lowest BCUT2D eigenvalue weighted by Crippen LogP contribution is -2.09. The van der Waals surface area contributed by atoms with Crippen molar-refractivity contribution in [3.63, 3.8) is 0 Å². The molecule has 0 heterocycles. The van der Waals surface area contributed by atoms with Crippen molar-refractivity contribution in [3.8, 4) is 23.0 Å². The van der Waals surface area contributed by atoms with Crippen LogP contribution in [0, 0.1) is 11.6 Å². The van der Waals surface area contributed by atoms with Gasteiger partial charge in [0.15, 0.2) is 23.1 Å². The molecule has 0 radical (unpaired) electrons. The van der Waals surface area contributed by atoms with Crippen LogP contribution in [-0.4, -0.2) is 37.6 Å². The molecule has 80 heavy (non-hydrogen) atoms. The molecule has 428 valence electrons. The van der Waals surface area contributed by atoms with E-state index in [9.17, 15) is 18.4 Å². The van der Waals surface area contributed by atoms with E-state index in [1.54, 1.807) is 116 Å². The van der Waals surface area contributed by atoms with E-state index in [1.165, 1.54) is 166 Å². The number of hydrogen-bond acceptors (Lipinski definition) is 8. The lowest BCUT2D eigenvalue weighted by atomic mass is 10.0. The molecule has 0 unspecified atom stereocenters. The van der Waals surface area contributed by atoms with Gasteiger partial charge in [-0.1, -0.05) is 223 Å². The fourth-order valence-electron chi connectivity index (χ4n) is 9.74. The molecule has 0 aliphatic heterocycles. The van der Waals surface area contributed by atoms with Crippen LogP contribution >= 0.6 is 0 Å². The summed E-state index contributed by atoms with van der Waals surface area (Å²) in [5.74, 6) is -1.02. The van der Waals surface area contributed by atoms with Gasteiger partial charge in [-0.15, -0.1) is 0 Å². The Morgan fingerprint density at radius 1 is 0.400 bits per heavy atom. The molecule has 6 aromatic carbocycles. The van der Waals surface area contributed by atoms with E-state index in [4.69, 9.17) is 18.9 Å². The third kappa shape index (κ3) is 23.6. The molecule has 0 aliphatic carbocycles. The molecule has 0 aromatic heterocycles. The Bertz CT molecular complexity index is 2790. The minimum Gasteiger partial charge on any atom is -0.491 e. The van der Waals surface area contributed by atoms with Crippen LogP contribution < -0.4 is 18.9 Å². The van der Waals surface area contributed by atoms with Gasteiger partial charge in [-0.3, -0.25) is 9.98 Å². The molecule has 0 N–H and O–H groups in total. The smallest absolute Gasteiger partial charge is 0.343 e. The van der Waals surface area contributed by atoms with Crippen LogP contribution in [-0.2, 0) is 0 Å². The number of benzene rings is 6. The molecule has 6 rings (SSSR count). The number of esters is 2. The van der Waals surface area contributed by atoms with E-state index < -0.39 is 23.6 Å². The Morgan fingerprint density at radius 2 is 0.787 bits per heavy atom. The summed E-state index contributed by atoms with van der Waals surface area (Å²) < 4.78 is 52.9. The molecule has 0 spiro atoms. The van der Waals surface area contributed by atoms with Gasteiger partial charge in [0.25, 0.3) is 0 Å². The van der Waals surface area contributed by atoms with Gasteiger partial charge in [-0.05, 0) is 96.1 Å². The summed E-state index contributed by atoms with van der Waals surface area (Å²) >= 11 is 0. The Balaban J connectivity index is 0.875. The van der Waals surface area contributed by atoms with E-state index >= 15 is 0 Å². The number of unbranched alkanes of at least 4 members (excludes halogenated alkanes) is 26. The molecule has 0 saturated heterocycles. The molecule has 0 fully saturated rings. The Hall–Kier alpha value is -6.68. The molecule has 0 saturated carbocycles. The second-order valence-electron chi connectivity index (χ2n) is 21.3. The SMILES string of the molecule is CCCCCCCCCCCCCCCCOc1ccc(N=Cc2ccc(C(=O)Oc3ccc4cccc(OC(=O)c5ccc(C=Nc6ccc(OCCCCCCCCCCCCCCCC)c(F)c6)cc5)c4c3)cc2)cc1F. The van der Waals surface area contributed by atoms with Crippen LogP contribution in [0.4, 0.5) is 20.2 Å². The van der Waals surface area contributed by atoms with Crippen molar-refractivity contribution >= 4 is 46.5 Å². The van der Waals surface area contributed by atoms with Crippen LogP contribution in [0.3, 0.4) is 0 Å². The number of carbonyl (C=O) groups is 2. The lowest BCUT2D eigenvalue weighted by Gasteiger charge is -2.10. The van der Waals surface area contributed by atoms with Gasteiger partial charge in [0, 0.05) is 29.9 Å². The Morgan fingerprint density at radius 3 is 1.19 bits per heavy atom. The van der Waals surface area contributed by atoms with E-state index in [2.05, 4.69) is 23.8 Å². The summed E-state index contributed by atoms with van der Waals surface area (Å²) in [5, 5.41) is 1.37. The van der Waals surface area contributed by atoms with Crippen molar-refractivity contribution < 1.29 is 37.3 Å². The zero-order valence-electron chi connectivity index (χ0n) is 48.0. The number of hydrogen-bond donors (Lipinski definition) is 0. The van der Waals surface area contributed by atoms with Gasteiger partial charge in [0.05, 0.1) is 35.7 Å². The first kappa shape index (κ1) is 62.5. The summed E-state index contributed by atoms with van der Waals surface area (Å²) in [6.45, 7) is 5.49. The number of aliphatic imine (C=N–C) groups is 2. The minimum absolute atomic E-state index is 0.226. The molecule has 0 bridgehead atoms. The zero-order chi connectivity index (χ0) is 56.2. The second-order valence-corrected chi connectivity index (χ2v) is 21.3. The van der Waals surface area contributed by atoms with Gasteiger partial charge in [-0.25, -0.2) is 18.4 Å². The minimum atomic E-state index is -0.570. The first-order valence-corrected chi connectivity index (χ1v) is 30.4. The highest BCUT2D eigenvalue weighted by atomic mass is 19.1. The van der Waals surface area contributed by atoms with Gasteiger partial charge >= 0.3 is 11.9 Å². The number of rotatable bonds is 40. The summed E-state index contributed by atoms with van der Waals surface area (Å²) in [4.78, 5) is 35.5. The van der Waals surface area contributed by atoms with Gasteiger partial charge in [0.2, 0.25) is 0 Å². The second kappa shape index (κ2) is 37.3. The van der Waals surface area contributed by atoms with Crippen LogP contribution in [0.1, 0.15) is 225 Å². The van der Waals surface area contributed by atoms with E-state index in [0.717, 1.165) is 31.1 Å². The normalized spacial score (nSPS) is 11.5. The van der Waals surface area contributed by atoms with Crippen molar-refractivity contribution in [2.24, 2.45) is 9.98 Å². The third-order valence-electron chi connectivity index (χ3n) is 14.6. The average Bonchev–Trinajstić information content (AvgIpc) is 3.48. The molecule has 8 nitrogen and oxygen atoms in total. The number of carbonyl (C=O) groups excluding carboxylic acids is 2. The predicted octanol–water partition coefficient (Wildman–Crippen LogP) is 20.8. The topological polar surface area (TPSA) is 95.8 Å². The molecule has 6 aromatic rings. The van der Waals surface area contributed by atoms with Crippen LogP contribution in [0.15, 0.2) is 131 Å². The number of ether oxygens (including phenoxy) is 4. The number of halogens is 2. The summed E-state index contributed by atoms with van der Waals surface area (Å²) in [6.07, 6.45) is 39.1. The summed E-state index contributed by atoms with van der Waals surface area (Å²) in [6, 6.07) is 33.4. The molecule has 10 heteroatoms. The summed E-state index contributed by atoms with van der Waals surface area (Å²) in [5.41, 5.74) is 2.97. The largest absolute Gasteiger partial charge is 0.491 e. The summed E-state index contributed by atoms with van der Waals surface area (Å²) in [7, 11) is 0. The van der Waals surface area contributed by atoms with Crippen molar-refractivity contribution in [1.29, 1.82) is 0 Å². The lowest BCUT2D eigenvalue weighted by molar-refractivity contribution is 0.0724. The van der Waals surface area contributed by atoms with Crippen molar-refractivity contribution in [3.05, 3.63) is 155 Å². The van der Waals surface area contributed by atoms with Gasteiger partial charge in [0.1, 0.15) is 11.5 Å². The average molecular weight is 1090 g/mol. The molecular weight excluding hydrogens is 1000 g/mol. The van der Waals surface area contributed by atoms with E-state index in [1.807, 2.05) is 6.07 Å². The zero-order valence-corrected chi connectivity index (χ0v) is 48.0. The van der Waals surface area contributed by atoms with E-state index in [0.29, 0.717) is 58.0 Å². The van der Waals surface area contributed by atoms with Gasteiger partial charge in [-0.2, -0.15) is 0 Å². The number of nitrogens with zero attached hydrogens (tertiary/aromatic N) is 2. The highest BCUT2D eigenvalue weighted by Crippen LogP contribution is 2.31. The van der Waals surface area contributed by atoms with E-state index in [-0.39, 0.29) is 17.2 Å². The molecular formula is C70H88F2N2O6. The van der Waals surface area contributed by atoms with Crippen molar-refractivity contribution in [1.82, 2.24) is 0 Å². The van der Waals surface area contributed by atoms with Crippen LogP contribution in [0.5, 0.6) is 23.0 Å². The maximum absolute atomic E-state index is 14.9. The molecule has 0 amide bonds. The highest BCUT2D eigenvalue weighted by molar-refractivity contribution is 5.97. The predicted molar refractivity (Wildman–Crippen MR) is 326 cm³/mol. The van der Waals surface area contributed by atoms with Gasteiger partial charge < -0.3 is 18.9 Å². The monoisotopic (exact) mass is 1090 g/mol.